The number of aryl methyl sites for hydroxylation is 1. The van der Waals surface area contributed by atoms with Gasteiger partial charge in [-0.1, -0.05) is 67.0 Å². The monoisotopic (exact) mass is 509 g/mol. The number of thiophene rings is 1. The summed E-state index contributed by atoms with van der Waals surface area (Å²) in [5.74, 6) is 0.0245. The van der Waals surface area contributed by atoms with Gasteiger partial charge in [0.25, 0.3) is 5.56 Å². The van der Waals surface area contributed by atoms with E-state index in [1.54, 1.807) is 0 Å². The number of anilines is 1. The molecule has 4 rings (SSSR count). The minimum Gasteiger partial charge on any atom is -0.324 e. The number of carbonyl (C=O) groups is 1. The summed E-state index contributed by atoms with van der Waals surface area (Å²) in [6, 6.07) is 15.7. The van der Waals surface area contributed by atoms with Crippen molar-refractivity contribution in [2.45, 2.75) is 39.7 Å². The molecule has 0 atom stereocenters. The molecule has 5 nitrogen and oxygen atoms in total. The van der Waals surface area contributed by atoms with E-state index < -0.39 is 0 Å². The van der Waals surface area contributed by atoms with Gasteiger partial charge in [-0.3, -0.25) is 14.2 Å². The molecule has 0 saturated carbocycles. The van der Waals surface area contributed by atoms with Gasteiger partial charge in [0.2, 0.25) is 5.91 Å². The number of aromatic nitrogens is 2. The highest BCUT2D eigenvalue weighted by atomic mass is 79.9. The number of para-hydroxylation sites is 1. The van der Waals surface area contributed by atoms with Gasteiger partial charge in [-0.25, -0.2) is 4.98 Å². The smallest absolute Gasteiger partial charge is 0.263 e. The van der Waals surface area contributed by atoms with Gasteiger partial charge in [0, 0.05) is 20.6 Å². The zero-order valence-corrected chi connectivity index (χ0v) is 20.6. The quantitative estimate of drug-likeness (QED) is 0.335. The summed E-state index contributed by atoms with van der Waals surface area (Å²) < 4.78 is 2.37. The molecule has 0 bridgehead atoms. The van der Waals surface area contributed by atoms with Gasteiger partial charge < -0.3 is 5.32 Å². The number of hydrogen-bond donors (Lipinski definition) is 1. The molecule has 1 N–H and O–H groups in total. The van der Waals surface area contributed by atoms with Crippen LogP contribution in [-0.2, 0) is 17.8 Å². The predicted octanol–water partition coefficient (Wildman–Crippen LogP) is 6.21. The molecular formula is C25H24BrN3O2S. The van der Waals surface area contributed by atoms with Crippen LogP contribution in [0.15, 0.2) is 64.1 Å². The molecule has 0 fully saturated rings. The van der Waals surface area contributed by atoms with E-state index in [1.807, 2.05) is 48.5 Å². The maximum Gasteiger partial charge on any atom is 0.263 e. The van der Waals surface area contributed by atoms with Crippen LogP contribution in [0.3, 0.4) is 0 Å². The summed E-state index contributed by atoms with van der Waals surface area (Å²) in [5.41, 5.74) is 3.52. The first kappa shape index (κ1) is 22.4. The Balaban J connectivity index is 1.71. The van der Waals surface area contributed by atoms with E-state index in [0.29, 0.717) is 10.2 Å². The molecule has 7 heteroatoms. The third-order valence-corrected chi connectivity index (χ3v) is 7.15. The molecule has 0 spiro atoms. The number of hydrogen-bond acceptors (Lipinski definition) is 4. The third-order valence-electron chi connectivity index (χ3n) is 5.38. The Morgan fingerprint density at radius 1 is 1.16 bits per heavy atom. The largest absolute Gasteiger partial charge is 0.324 e. The van der Waals surface area contributed by atoms with Crippen LogP contribution in [0.5, 0.6) is 0 Å². The number of nitrogens with one attached hydrogen (secondary N) is 1. The van der Waals surface area contributed by atoms with Crippen LogP contribution < -0.4 is 10.9 Å². The molecule has 1 amide bonds. The van der Waals surface area contributed by atoms with Crippen molar-refractivity contribution in [2.24, 2.45) is 0 Å². The maximum atomic E-state index is 13.4. The molecule has 0 radical (unpaired) electrons. The number of benzene rings is 2. The zero-order valence-electron chi connectivity index (χ0n) is 18.2. The van der Waals surface area contributed by atoms with Crippen molar-refractivity contribution >= 4 is 49.1 Å². The highest BCUT2D eigenvalue weighted by Crippen LogP contribution is 2.36. The highest BCUT2D eigenvalue weighted by Gasteiger charge is 2.19. The first-order valence-electron chi connectivity index (χ1n) is 10.5. The molecule has 0 unspecified atom stereocenters. The number of rotatable bonds is 6. The minimum atomic E-state index is -0.252. The van der Waals surface area contributed by atoms with Gasteiger partial charge in [0.15, 0.2) is 0 Å². The number of halogens is 1. The fourth-order valence-corrected chi connectivity index (χ4v) is 5.17. The van der Waals surface area contributed by atoms with Crippen molar-refractivity contribution in [1.82, 2.24) is 9.55 Å². The summed E-state index contributed by atoms with van der Waals surface area (Å²) in [5, 5.41) is 3.53. The van der Waals surface area contributed by atoms with E-state index in [2.05, 4.69) is 47.0 Å². The van der Waals surface area contributed by atoms with Crippen LogP contribution in [0.25, 0.3) is 21.3 Å². The molecule has 4 aromatic rings. The van der Waals surface area contributed by atoms with Crippen molar-refractivity contribution in [1.29, 1.82) is 0 Å². The molecular weight excluding hydrogens is 486 g/mol. The van der Waals surface area contributed by atoms with Crippen LogP contribution in [0.2, 0.25) is 0 Å². The van der Waals surface area contributed by atoms with Crippen LogP contribution in [0.1, 0.15) is 37.1 Å². The van der Waals surface area contributed by atoms with E-state index in [1.165, 1.54) is 22.2 Å². The van der Waals surface area contributed by atoms with Crippen LogP contribution in [-0.4, -0.2) is 15.5 Å². The first-order valence-corrected chi connectivity index (χ1v) is 12.2. The fraction of sp³-hybridized carbons (Fsp3) is 0.240. The molecule has 0 aliphatic heterocycles. The Morgan fingerprint density at radius 2 is 1.88 bits per heavy atom. The van der Waals surface area contributed by atoms with Crippen LogP contribution in [0.4, 0.5) is 5.69 Å². The Kier molecular flexibility index (Phi) is 6.58. The molecule has 164 valence electrons. The van der Waals surface area contributed by atoms with Gasteiger partial charge in [0.1, 0.15) is 11.4 Å². The van der Waals surface area contributed by atoms with Crippen molar-refractivity contribution in [3.8, 4) is 11.1 Å². The highest BCUT2D eigenvalue weighted by molar-refractivity contribution is 9.10. The van der Waals surface area contributed by atoms with E-state index in [4.69, 9.17) is 0 Å². The summed E-state index contributed by atoms with van der Waals surface area (Å²) >= 11 is 5.00. The standard InChI is InChI=1S/C25H24BrN3O2S/c1-4-20-22(16-9-11-17(26)12-10-16)23-24(32-20)27-14-29(25(23)31)13-21(30)28-19-8-6-5-7-18(19)15(2)3/h5-12,14-15H,4,13H2,1-3H3,(H,28,30). The lowest BCUT2D eigenvalue weighted by Crippen LogP contribution is -2.28. The number of carbonyl (C=O) groups excluding carboxylic acids is 1. The number of fused-ring (bicyclic) bond motifs is 1. The van der Waals surface area contributed by atoms with Crippen molar-refractivity contribution in [2.75, 3.05) is 5.32 Å². The lowest BCUT2D eigenvalue weighted by molar-refractivity contribution is -0.116. The van der Waals surface area contributed by atoms with Crippen molar-refractivity contribution in [3.05, 3.63) is 80.1 Å². The second kappa shape index (κ2) is 9.38. The van der Waals surface area contributed by atoms with Gasteiger partial charge in [-0.05, 0) is 41.7 Å². The summed E-state index contributed by atoms with van der Waals surface area (Å²) in [7, 11) is 0. The van der Waals surface area contributed by atoms with Gasteiger partial charge in [-0.15, -0.1) is 11.3 Å². The summed E-state index contributed by atoms with van der Waals surface area (Å²) in [6.07, 6.45) is 2.28. The maximum absolute atomic E-state index is 13.4. The van der Waals surface area contributed by atoms with E-state index >= 15 is 0 Å². The zero-order chi connectivity index (χ0) is 22.8. The normalized spacial score (nSPS) is 11.3. The Morgan fingerprint density at radius 3 is 2.56 bits per heavy atom. The third kappa shape index (κ3) is 4.40. The molecule has 2 heterocycles. The van der Waals surface area contributed by atoms with Crippen LogP contribution in [0, 0.1) is 0 Å². The molecule has 0 aliphatic carbocycles. The van der Waals surface area contributed by atoms with Crippen molar-refractivity contribution in [3.63, 3.8) is 0 Å². The lowest BCUT2D eigenvalue weighted by atomic mass is 10.0. The molecule has 0 saturated heterocycles. The van der Waals surface area contributed by atoms with E-state index in [0.717, 1.165) is 38.1 Å². The predicted molar refractivity (Wildman–Crippen MR) is 136 cm³/mol. The SMILES string of the molecule is CCc1sc2ncn(CC(=O)Nc3ccccc3C(C)C)c(=O)c2c1-c1ccc(Br)cc1. The molecule has 2 aromatic heterocycles. The fourth-order valence-electron chi connectivity index (χ4n) is 3.81. The van der Waals surface area contributed by atoms with Crippen LogP contribution >= 0.6 is 27.3 Å². The molecule has 32 heavy (non-hydrogen) atoms. The van der Waals surface area contributed by atoms with Gasteiger partial charge in [0.05, 0.1) is 11.7 Å². The average Bonchev–Trinajstić information content (AvgIpc) is 3.16. The number of nitrogens with zero attached hydrogens (tertiary/aromatic N) is 2. The Labute approximate surface area is 199 Å². The summed E-state index contributed by atoms with van der Waals surface area (Å²) in [4.78, 5) is 32.5. The van der Waals surface area contributed by atoms with Gasteiger partial charge >= 0.3 is 0 Å². The average molecular weight is 510 g/mol. The van der Waals surface area contributed by atoms with Gasteiger partial charge in [-0.2, -0.15) is 0 Å². The first-order chi connectivity index (χ1) is 15.4. The second-order valence-corrected chi connectivity index (χ2v) is 9.91. The minimum absolute atomic E-state index is 0.0920. The summed E-state index contributed by atoms with van der Waals surface area (Å²) in [6.45, 7) is 6.15. The second-order valence-electron chi connectivity index (χ2n) is 7.91. The molecule has 2 aromatic carbocycles. The Hall–Kier alpha value is -2.77. The van der Waals surface area contributed by atoms with E-state index in [-0.39, 0.29) is 23.9 Å². The molecule has 0 aliphatic rings. The number of amides is 1. The van der Waals surface area contributed by atoms with E-state index in [9.17, 15) is 9.59 Å². The van der Waals surface area contributed by atoms with Crippen molar-refractivity contribution < 1.29 is 4.79 Å². The topological polar surface area (TPSA) is 64.0 Å². The lowest BCUT2D eigenvalue weighted by Gasteiger charge is -2.14. The Bertz CT molecular complexity index is 1340.